The van der Waals surface area contributed by atoms with Gasteiger partial charge in [-0.05, 0) is 58.5 Å². The van der Waals surface area contributed by atoms with Gasteiger partial charge in [0.05, 0.1) is 0 Å². The van der Waals surface area contributed by atoms with Crippen molar-refractivity contribution in [2.45, 2.75) is 57.9 Å². The predicted octanol–water partition coefficient (Wildman–Crippen LogP) is 1.67. The van der Waals surface area contributed by atoms with Gasteiger partial charge in [0.1, 0.15) is 0 Å². The van der Waals surface area contributed by atoms with E-state index in [1.54, 1.807) is 7.05 Å². The van der Waals surface area contributed by atoms with E-state index >= 15 is 0 Å². The standard InChI is InChI=1S/C19H37N5O/c1-19(2,24-10-6-5-7-11-24)15-22-18(21-4)23-12-8-16(9-13-23)14-17(25)20-3/h16H,5-15H2,1-4H3,(H,20,25)(H,21,22). The van der Waals surface area contributed by atoms with Crippen molar-refractivity contribution in [3.63, 3.8) is 0 Å². The molecule has 0 unspecified atom stereocenters. The Morgan fingerprint density at radius 3 is 2.32 bits per heavy atom. The van der Waals surface area contributed by atoms with Crippen LogP contribution in [0.4, 0.5) is 0 Å². The van der Waals surface area contributed by atoms with E-state index in [1.807, 2.05) is 7.05 Å². The van der Waals surface area contributed by atoms with Crippen molar-refractivity contribution in [2.24, 2.45) is 10.9 Å². The molecule has 2 heterocycles. The first-order valence-electron chi connectivity index (χ1n) is 9.87. The Kier molecular flexibility index (Phi) is 7.54. The molecule has 0 atom stereocenters. The summed E-state index contributed by atoms with van der Waals surface area (Å²) in [7, 11) is 3.58. The molecule has 2 saturated heterocycles. The Morgan fingerprint density at radius 1 is 1.12 bits per heavy atom. The smallest absolute Gasteiger partial charge is 0.220 e. The Balaban J connectivity index is 1.79. The van der Waals surface area contributed by atoms with Crippen LogP contribution in [0, 0.1) is 5.92 Å². The second-order valence-electron chi connectivity index (χ2n) is 8.07. The highest BCUT2D eigenvalue weighted by molar-refractivity contribution is 5.80. The van der Waals surface area contributed by atoms with Crippen molar-refractivity contribution in [3.8, 4) is 0 Å². The molecule has 0 radical (unpaired) electrons. The van der Waals surface area contributed by atoms with Crippen LogP contribution in [0.2, 0.25) is 0 Å². The molecule has 0 aromatic rings. The number of likely N-dealkylation sites (tertiary alicyclic amines) is 2. The van der Waals surface area contributed by atoms with Crippen molar-refractivity contribution in [2.75, 3.05) is 46.8 Å². The van der Waals surface area contributed by atoms with Crippen LogP contribution < -0.4 is 10.6 Å². The quantitative estimate of drug-likeness (QED) is 0.584. The maximum absolute atomic E-state index is 11.5. The lowest BCUT2D eigenvalue weighted by Crippen LogP contribution is -2.56. The Bertz CT molecular complexity index is 449. The summed E-state index contributed by atoms with van der Waals surface area (Å²) < 4.78 is 0. The molecular weight excluding hydrogens is 314 g/mol. The summed E-state index contributed by atoms with van der Waals surface area (Å²) in [6.07, 6.45) is 6.77. The van der Waals surface area contributed by atoms with Crippen molar-refractivity contribution in [3.05, 3.63) is 0 Å². The van der Waals surface area contributed by atoms with Gasteiger partial charge in [-0.1, -0.05) is 6.42 Å². The van der Waals surface area contributed by atoms with Crippen molar-refractivity contribution >= 4 is 11.9 Å². The zero-order valence-electron chi connectivity index (χ0n) is 16.6. The van der Waals surface area contributed by atoms with Gasteiger partial charge in [0.15, 0.2) is 5.96 Å². The molecule has 2 aliphatic heterocycles. The first-order chi connectivity index (χ1) is 12.0. The lowest BCUT2D eigenvalue weighted by molar-refractivity contribution is -0.121. The topological polar surface area (TPSA) is 60.0 Å². The molecule has 0 aromatic heterocycles. The fourth-order valence-corrected chi connectivity index (χ4v) is 3.95. The summed E-state index contributed by atoms with van der Waals surface area (Å²) in [5, 5.41) is 6.33. The molecule has 0 saturated carbocycles. The fraction of sp³-hybridized carbons (Fsp3) is 0.895. The van der Waals surface area contributed by atoms with Crippen LogP contribution in [0.25, 0.3) is 0 Å². The Morgan fingerprint density at radius 2 is 1.76 bits per heavy atom. The number of carbonyl (C=O) groups excluding carboxylic acids is 1. The van der Waals surface area contributed by atoms with Crippen molar-refractivity contribution < 1.29 is 4.79 Å². The third kappa shape index (κ3) is 5.87. The highest BCUT2D eigenvalue weighted by Crippen LogP contribution is 2.22. The molecule has 0 aliphatic carbocycles. The molecule has 2 aliphatic rings. The molecular formula is C19H37N5O. The van der Waals surface area contributed by atoms with Gasteiger partial charge in [-0.25, -0.2) is 0 Å². The van der Waals surface area contributed by atoms with Gasteiger partial charge >= 0.3 is 0 Å². The van der Waals surface area contributed by atoms with Crippen LogP contribution in [0.15, 0.2) is 4.99 Å². The number of amides is 1. The number of rotatable bonds is 5. The molecule has 0 spiro atoms. The van der Waals surface area contributed by atoms with Gasteiger partial charge in [-0.15, -0.1) is 0 Å². The fourth-order valence-electron chi connectivity index (χ4n) is 3.95. The molecule has 6 heteroatoms. The van der Waals surface area contributed by atoms with Crippen LogP contribution in [-0.4, -0.2) is 74.0 Å². The summed E-state index contributed by atoms with van der Waals surface area (Å²) in [5.41, 5.74) is 0.147. The third-order valence-electron chi connectivity index (χ3n) is 5.77. The van der Waals surface area contributed by atoms with E-state index in [-0.39, 0.29) is 11.4 Å². The minimum Gasteiger partial charge on any atom is -0.359 e. The number of nitrogens with one attached hydrogen (secondary N) is 2. The molecule has 1 amide bonds. The Labute approximate surface area is 153 Å². The molecule has 2 N–H and O–H groups in total. The van der Waals surface area contributed by atoms with Gasteiger partial charge in [0.2, 0.25) is 5.91 Å². The summed E-state index contributed by atoms with van der Waals surface area (Å²) in [6, 6.07) is 0. The third-order valence-corrected chi connectivity index (χ3v) is 5.77. The molecule has 6 nitrogen and oxygen atoms in total. The number of nitrogens with zero attached hydrogens (tertiary/aromatic N) is 3. The van der Waals surface area contributed by atoms with Gasteiger partial charge in [0, 0.05) is 45.7 Å². The van der Waals surface area contributed by atoms with Gasteiger partial charge in [0.25, 0.3) is 0 Å². The highest BCUT2D eigenvalue weighted by atomic mass is 16.1. The summed E-state index contributed by atoms with van der Waals surface area (Å²) >= 11 is 0. The van der Waals surface area contributed by atoms with E-state index in [4.69, 9.17) is 0 Å². The van der Waals surface area contributed by atoms with Crippen molar-refractivity contribution in [1.82, 2.24) is 20.4 Å². The molecule has 0 aromatic carbocycles. The highest BCUT2D eigenvalue weighted by Gasteiger charge is 2.29. The number of aliphatic imine (C=N–C) groups is 1. The normalized spacial score (nSPS) is 21.3. The van der Waals surface area contributed by atoms with E-state index in [1.165, 1.54) is 32.4 Å². The molecule has 144 valence electrons. The molecule has 2 rings (SSSR count). The van der Waals surface area contributed by atoms with Crippen LogP contribution in [0.1, 0.15) is 52.4 Å². The Hall–Kier alpha value is -1.30. The van der Waals surface area contributed by atoms with Crippen LogP contribution in [0.3, 0.4) is 0 Å². The first-order valence-corrected chi connectivity index (χ1v) is 9.87. The minimum atomic E-state index is 0.147. The van der Waals surface area contributed by atoms with E-state index in [0.29, 0.717) is 12.3 Å². The monoisotopic (exact) mass is 351 g/mol. The SMILES string of the molecule is CN=C(NCC(C)(C)N1CCCCC1)N1CCC(CC(=O)NC)CC1. The van der Waals surface area contributed by atoms with Gasteiger partial charge < -0.3 is 15.5 Å². The zero-order valence-corrected chi connectivity index (χ0v) is 16.6. The van der Waals surface area contributed by atoms with E-state index < -0.39 is 0 Å². The first kappa shape index (κ1) is 20.0. The minimum absolute atomic E-state index is 0.147. The molecule has 0 bridgehead atoms. The van der Waals surface area contributed by atoms with Crippen LogP contribution in [0.5, 0.6) is 0 Å². The second-order valence-corrected chi connectivity index (χ2v) is 8.07. The van der Waals surface area contributed by atoms with Crippen molar-refractivity contribution in [1.29, 1.82) is 0 Å². The lowest BCUT2D eigenvalue weighted by Gasteiger charge is -2.42. The molecule has 25 heavy (non-hydrogen) atoms. The predicted molar refractivity (Wildman–Crippen MR) is 104 cm³/mol. The maximum atomic E-state index is 11.5. The number of hydrogen-bond acceptors (Lipinski definition) is 3. The maximum Gasteiger partial charge on any atom is 0.220 e. The van der Waals surface area contributed by atoms with Crippen LogP contribution in [-0.2, 0) is 4.79 Å². The van der Waals surface area contributed by atoms with E-state index in [0.717, 1.165) is 38.4 Å². The zero-order chi connectivity index (χ0) is 18.3. The average molecular weight is 352 g/mol. The average Bonchev–Trinajstić information content (AvgIpc) is 2.64. The number of guanidine groups is 1. The van der Waals surface area contributed by atoms with Gasteiger partial charge in [-0.2, -0.15) is 0 Å². The number of carbonyl (C=O) groups is 1. The summed E-state index contributed by atoms with van der Waals surface area (Å²) in [5.74, 6) is 1.66. The number of hydrogen-bond donors (Lipinski definition) is 2. The lowest BCUT2D eigenvalue weighted by atomic mass is 9.93. The second kappa shape index (κ2) is 9.41. The number of piperidine rings is 2. The van der Waals surface area contributed by atoms with Gasteiger partial charge in [-0.3, -0.25) is 14.7 Å². The molecule has 2 fully saturated rings. The van der Waals surface area contributed by atoms with E-state index in [9.17, 15) is 4.79 Å². The largest absolute Gasteiger partial charge is 0.359 e. The summed E-state index contributed by atoms with van der Waals surface area (Å²) in [6.45, 7) is 9.94. The summed E-state index contributed by atoms with van der Waals surface area (Å²) in [4.78, 5) is 21.0. The van der Waals surface area contributed by atoms with E-state index in [2.05, 4.69) is 39.3 Å². The van der Waals surface area contributed by atoms with Crippen LogP contribution >= 0.6 is 0 Å².